The molecular formula is C13H20O2. The second-order valence-corrected chi connectivity index (χ2v) is 5.05. The quantitative estimate of drug-likeness (QED) is 0.526. The average Bonchev–Trinajstić information content (AvgIpc) is 2.76. The number of allylic oxidation sites excluding steroid dienone is 2. The van der Waals surface area contributed by atoms with Crippen molar-refractivity contribution >= 4 is 5.97 Å². The van der Waals surface area contributed by atoms with E-state index in [4.69, 9.17) is 4.74 Å². The number of hydrogen-bond donors (Lipinski definition) is 0. The SMILES string of the molecule is CCOC(=O)[C@@H]1[C@@H](C(C)C)[C@@H]2C=C[C@H]1C2. The zero-order valence-corrected chi connectivity index (χ0v) is 9.77. The molecule has 0 unspecified atom stereocenters. The molecule has 0 aromatic rings. The van der Waals surface area contributed by atoms with Gasteiger partial charge in [-0.1, -0.05) is 26.0 Å². The Hall–Kier alpha value is -0.790. The van der Waals surface area contributed by atoms with Crippen molar-refractivity contribution in [3.8, 4) is 0 Å². The average molecular weight is 208 g/mol. The molecule has 2 bridgehead atoms. The summed E-state index contributed by atoms with van der Waals surface area (Å²) in [4.78, 5) is 11.9. The fourth-order valence-corrected chi connectivity index (χ4v) is 3.34. The zero-order chi connectivity index (χ0) is 11.0. The van der Waals surface area contributed by atoms with Crippen LogP contribution in [-0.2, 0) is 9.53 Å². The van der Waals surface area contributed by atoms with Gasteiger partial charge in [0.1, 0.15) is 0 Å². The summed E-state index contributed by atoms with van der Waals surface area (Å²) in [5.74, 6) is 2.28. The summed E-state index contributed by atoms with van der Waals surface area (Å²) in [5, 5.41) is 0. The second kappa shape index (κ2) is 3.99. The van der Waals surface area contributed by atoms with E-state index >= 15 is 0 Å². The molecule has 0 N–H and O–H groups in total. The van der Waals surface area contributed by atoms with Crippen LogP contribution in [0, 0.1) is 29.6 Å². The maximum absolute atomic E-state index is 11.9. The van der Waals surface area contributed by atoms with Gasteiger partial charge in [0.2, 0.25) is 0 Å². The van der Waals surface area contributed by atoms with Crippen LogP contribution in [0.3, 0.4) is 0 Å². The van der Waals surface area contributed by atoms with Crippen LogP contribution in [0.5, 0.6) is 0 Å². The molecule has 0 saturated heterocycles. The van der Waals surface area contributed by atoms with Gasteiger partial charge in [-0.3, -0.25) is 4.79 Å². The van der Waals surface area contributed by atoms with E-state index < -0.39 is 0 Å². The highest BCUT2D eigenvalue weighted by atomic mass is 16.5. The molecule has 0 spiro atoms. The molecule has 4 atom stereocenters. The molecule has 2 aliphatic rings. The Bertz CT molecular complexity index is 280. The maximum Gasteiger partial charge on any atom is 0.309 e. The summed E-state index contributed by atoms with van der Waals surface area (Å²) < 4.78 is 5.19. The molecule has 0 radical (unpaired) electrons. The highest BCUT2D eigenvalue weighted by molar-refractivity contribution is 5.74. The van der Waals surface area contributed by atoms with Gasteiger partial charge >= 0.3 is 5.97 Å². The third kappa shape index (κ3) is 1.70. The molecule has 2 aliphatic carbocycles. The third-order valence-corrected chi connectivity index (χ3v) is 3.85. The lowest BCUT2D eigenvalue weighted by atomic mass is 9.76. The molecule has 1 saturated carbocycles. The van der Waals surface area contributed by atoms with Crippen LogP contribution in [0.15, 0.2) is 12.2 Å². The number of ether oxygens (including phenoxy) is 1. The lowest BCUT2D eigenvalue weighted by Crippen LogP contribution is -2.32. The Labute approximate surface area is 91.7 Å². The smallest absolute Gasteiger partial charge is 0.309 e. The van der Waals surface area contributed by atoms with Crippen molar-refractivity contribution in [2.24, 2.45) is 29.6 Å². The van der Waals surface area contributed by atoms with Gasteiger partial charge in [0.05, 0.1) is 12.5 Å². The minimum atomic E-state index is 0.0213. The second-order valence-electron chi connectivity index (χ2n) is 5.05. The highest BCUT2D eigenvalue weighted by Crippen LogP contribution is 2.51. The summed E-state index contributed by atoms with van der Waals surface area (Å²) in [6.07, 6.45) is 5.67. The topological polar surface area (TPSA) is 26.3 Å². The fourth-order valence-electron chi connectivity index (χ4n) is 3.34. The summed E-state index contributed by atoms with van der Waals surface area (Å²) in [7, 11) is 0. The Balaban J connectivity index is 2.15. The van der Waals surface area contributed by atoms with E-state index in [0.29, 0.717) is 30.3 Å². The number of rotatable bonds is 3. The molecular weight excluding hydrogens is 188 g/mol. The molecule has 0 aliphatic heterocycles. The molecule has 84 valence electrons. The first-order valence-corrected chi connectivity index (χ1v) is 6.00. The first-order valence-electron chi connectivity index (χ1n) is 6.00. The predicted octanol–water partition coefficient (Wildman–Crippen LogP) is 2.64. The number of esters is 1. The van der Waals surface area contributed by atoms with Crippen LogP contribution in [-0.4, -0.2) is 12.6 Å². The molecule has 15 heavy (non-hydrogen) atoms. The third-order valence-electron chi connectivity index (χ3n) is 3.85. The molecule has 2 rings (SSSR count). The maximum atomic E-state index is 11.9. The van der Waals surface area contributed by atoms with Crippen LogP contribution in [0.25, 0.3) is 0 Å². The zero-order valence-electron chi connectivity index (χ0n) is 9.77. The molecule has 0 amide bonds. The van der Waals surface area contributed by atoms with E-state index in [0.717, 1.165) is 6.42 Å². The first kappa shape index (κ1) is 10.7. The summed E-state index contributed by atoms with van der Waals surface area (Å²) in [6.45, 7) is 6.81. The molecule has 1 fully saturated rings. The number of fused-ring (bicyclic) bond motifs is 2. The summed E-state index contributed by atoms with van der Waals surface area (Å²) in [6, 6.07) is 0. The van der Waals surface area contributed by atoms with E-state index in [1.807, 2.05) is 6.92 Å². The van der Waals surface area contributed by atoms with Gasteiger partial charge in [-0.05, 0) is 37.0 Å². The van der Waals surface area contributed by atoms with Crippen LogP contribution < -0.4 is 0 Å². The predicted molar refractivity (Wildman–Crippen MR) is 59.2 cm³/mol. The molecule has 2 heteroatoms. The van der Waals surface area contributed by atoms with E-state index in [1.165, 1.54) is 0 Å². The van der Waals surface area contributed by atoms with Gasteiger partial charge in [0.15, 0.2) is 0 Å². The van der Waals surface area contributed by atoms with Gasteiger partial charge in [-0.15, -0.1) is 0 Å². The minimum absolute atomic E-state index is 0.0213. The van der Waals surface area contributed by atoms with Crippen molar-refractivity contribution < 1.29 is 9.53 Å². The van der Waals surface area contributed by atoms with Gasteiger partial charge in [0, 0.05) is 0 Å². The van der Waals surface area contributed by atoms with Crippen LogP contribution >= 0.6 is 0 Å². The largest absolute Gasteiger partial charge is 0.466 e. The fraction of sp³-hybridized carbons (Fsp3) is 0.769. The van der Waals surface area contributed by atoms with Crippen molar-refractivity contribution in [2.75, 3.05) is 6.61 Å². The molecule has 0 aromatic heterocycles. The van der Waals surface area contributed by atoms with Gasteiger partial charge in [-0.2, -0.15) is 0 Å². The van der Waals surface area contributed by atoms with E-state index in [-0.39, 0.29) is 11.9 Å². The van der Waals surface area contributed by atoms with Crippen molar-refractivity contribution in [3.63, 3.8) is 0 Å². The van der Waals surface area contributed by atoms with Crippen LogP contribution in [0.1, 0.15) is 27.2 Å². The lowest BCUT2D eigenvalue weighted by molar-refractivity contribution is -0.151. The number of hydrogen-bond acceptors (Lipinski definition) is 2. The van der Waals surface area contributed by atoms with Crippen molar-refractivity contribution in [1.29, 1.82) is 0 Å². The monoisotopic (exact) mass is 208 g/mol. The van der Waals surface area contributed by atoms with Gasteiger partial charge in [0.25, 0.3) is 0 Å². The first-order chi connectivity index (χ1) is 7.15. The van der Waals surface area contributed by atoms with Gasteiger partial charge < -0.3 is 4.74 Å². The van der Waals surface area contributed by atoms with Crippen molar-refractivity contribution in [2.45, 2.75) is 27.2 Å². The minimum Gasteiger partial charge on any atom is -0.466 e. The van der Waals surface area contributed by atoms with Crippen molar-refractivity contribution in [3.05, 3.63) is 12.2 Å². The Kier molecular flexibility index (Phi) is 2.85. The normalized spacial score (nSPS) is 37.6. The molecule has 0 aromatic carbocycles. The van der Waals surface area contributed by atoms with E-state index in [1.54, 1.807) is 0 Å². The van der Waals surface area contributed by atoms with Crippen LogP contribution in [0.4, 0.5) is 0 Å². The Morgan fingerprint density at radius 1 is 1.40 bits per heavy atom. The lowest BCUT2D eigenvalue weighted by Gasteiger charge is -2.29. The summed E-state index contributed by atoms with van der Waals surface area (Å²) in [5.41, 5.74) is 0. The van der Waals surface area contributed by atoms with Crippen LogP contribution in [0.2, 0.25) is 0 Å². The standard InChI is InChI=1S/C13H20O2/c1-4-15-13(14)12-10-6-5-9(7-10)11(12)8(2)3/h5-6,8-12H,4,7H2,1-3H3/t9-,10+,11+,12+/m1/s1. The summed E-state index contributed by atoms with van der Waals surface area (Å²) >= 11 is 0. The highest BCUT2D eigenvalue weighted by Gasteiger charge is 2.49. The molecule has 2 nitrogen and oxygen atoms in total. The Morgan fingerprint density at radius 3 is 2.67 bits per heavy atom. The van der Waals surface area contributed by atoms with Crippen molar-refractivity contribution in [1.82, 2.24) is 0 Å². The van der Waals surface area contributed by atoms with E-state index in [2.05, 4.69) is 26.0 Å². The molecule has 0 heterocycles. The number of carbonyl (C=O) groups excluding carboxylic acids is 1. The van der Waals surface area contributed by atoms with E-state index in [9.17, 15) is 4.79 Å². The Morgan fingerprint density at radius 2 is 2.07 bits per heavy atom. The number of carbonyl (C=O) groups is 1. The van der Waals surface area contributed by atoms with Gasteiger partial charge in [-0.25, -0.2) is 0 Å².